The lowest BCUT2D eigenvalue weighted by Crippen LogP contribution is -2.29. The predicted octanol–water partition coefficient (Wildman–Crippen LogP) is 3.63. The second-order valence-electron chi connectivity index (χ2n) is 5.71. The molecule has 0 amide bonds. The van der Waals surface area contributed by atoms with Crippen molar-refractivity contribution in [3.63, 3.8) is 0 Å². The van der Waals surface area contributed by atoms with Gasteiger partial charge in [0, 0.05) is 11.1 Å². The van der Waals surface area contributed by atoms with Gasteiger partial charge in [0.15, 0.2) is 0 Å². The maximum atomic E-state index is 4.63. The monoisotopic (exact) mass is 287 g/mol. The highest BCUT2D eigenvalue weighted by molar-refractivity contribution is 7.15. The highest BCUT2D eigenvalue weighted by atomic mass is 32.1. The lowest BCUT2D eigenvalue weighted by Gasteiger charge is -2.29. The molecule has 3 heterocycles. The molecule has 0 N–H and O–H groups in total. The molecule has 1 fully saturated rings. The van der Waals surface area contributed by atoms with Crippen LogP contribution in [0, 0.1) is 13.8 Å². The molecule has 0 aliphatic carbocycles. The number of piperidine rings is 1. The van der Waals surface area contributed by atoms with Crippen molar-refractivity contribution >= 4 is 11.3 Å². The molecule has 0 atom stereocenters. The fourth-order valence-electron chi connectivity index (χ4n) is 2.74. The molecular formula is C16H21N3S. The van der Waals surface area contributed by atoms with Crippen LogP contribution in [0.5, 0.6) is 0 Å². The van der Waals surface area contributed by atoms with Crippen LogP contribution in [0.2, 0.25) is 0 Å². The molecule has 0 spiro atoms. The molecule has 4 heteroatoms. The second-order valence-corrected chi connectivity index (χ2v) is 6.92. The molecule has 1 aliphatic heterocycles. The van der Waals surface area contributed by atoms with Crippen LogP contribution >= 0.6 is 11.3 Å². The van der Waals surface area contributed by atoms with Gasteiger partial charge in [-0.1, -0.05) is 0 Å². The van der Waals surface area contributed by atoms with Crippen molar-refractivity contribution in [2.45, 2.75) is 32.6 Å². The molecule has 2 aromatic heterocycles. The van der Waals surface area contributed by atoms with E-state index in [9.17, 15) is 0 Å². The van der Waals surface area contributed by atoms with Crippen LogP contribution in [0.1, 0.15) is 34.9 Å². The van der Waals surface area contributed by atoms with Crippen molar-refractivity contribution in [3.05, 3.63) is 34.5 Å². The summed E-state index contributed by atoms with van der Waals surface area (Å²) in [4.78, 5) is 12.8. The molecule has 3 rings (SSSR count). The number of likely N-dealkylation sites (tertiary alicyclic amines) is 1. The van der Waals surface area contributed by atoms with Gasteiger partial charge >= 0.3 is 0 Å². The summed E-state index contributed by atoms with van der Waals surface area (Å²) in [5.74, 6) is 0.676. The lowest BCUT2D eigenvalue weighted by molar-refractivity contribution is 0.255. The van der Waals surface area contributed by atoms with Gasteiger partial charge in [0.1, 0.15) is 5.01 Å². The summed E-state index contributed by atoms with van der Waals surface area (Å²) >= 11 is 1.74. The average Bonchev–Trinajstić information content (AvgIpc) is 2.80. The molecule has 0 bridgehead atoms. The van der Waals surface area contributed by atoms with Gasteiger partial charge in [-0.25, -0.2) is 4.98 Å². The van der Waals surface area contributed by atoms with Crippen LogP contribution in [0.25, 0.3) is 10.7 Å². The number of aromatic nitrogens is 2. The normalized spacial score (nSPS) is 17.6. The minimum atomic E-state index is 0.676. The second kappa shape index (κ2) is 5.62. The Kier molecular flexibility index (Phi) is 3.85. The van der Waals surface area contributed by atoms with E-state index in [0.717, 1.165) is 16.4 Å². The fourth-order valence-corrected chi connectivity index (χ4v) is 3.62. The van der Waals surface area contributed by atoms with Crippen molar-refractivity contribution in [1.29, 1.82) is 0 Å². The summed E-state index contributed by atoms with van der Waals surface area (Å²) in [5.41, 5.74) is 3.58. The van der Waals surface area contributed by atoms with Gasteiger partial charge in [-0.2, -0.15) is 0 Å². The smallest absolute Gasteiger partial charge is 0.142 e. The molecule has 3 nitrogen and oxygen atoms in total. The molecule has 0 saturated carbocycles. The molecule has 106 valence electrons. The third kappa shape index (κ3) is 2.76. The van der Waals surface area contributed by atoms with Crippen LogP contribution in [-0.2, 0) is 0 Å². The zero-order valence-electron chi connectivity index (χ0n) is 12.4. The number of rotatable bonds is 2. The SMILES string of the molecule is Cc1nc(-c2cc(C3CCN(C)CC3)ccn2)sc1C. The minimum Gasteiger partial charge on any atom is -0.306 e. The van der Waals surface area contributed by atoms with Crippen LogP contribution < -0.4 is 0 Å². The maximum Gasteiger partial charge on any atom is 0.142 e. The van der Waals surface area contributed by atoms with E-state index in [1.54, 1.807) is 11.3 Å². The van der Waals surface area contributed by atoms with Crippen molar-refractivity contribution in [2.75, 3.05) is 20.1 Å². The minimum absolute atomic E-state index is 0.676. The van der Waals surface area contributed by atoms with Gasteiger partial charge in [0.05, 0.1) is 11.4 Å². The van der Waals surface area contributed by atoms with Crippen LogP contribution in [-0.4, -0.2) is 35.0 Å². The highest BCUT2D eigenvalue weighted by Crippen LogP contribution is 2.31. The summed E-state index contributed by atoms with van der Waals surface area (Å²) in [6.45, 7) is 6.57. The van der Waals surface area contributed by atoms with Gasteiger partial charge in [-0.05, 0) is 70.4 Å². The van der Waals surface area contributed by atoms with Crippen molar-refractivity contribution in [3.8, 4) is 10.7 Å². The summed E-state index contributed by atoms with van der Waals surface area (Å²) in [6.07, 6.45) is 4.43. The maximum absolute atomic E-state index is 4.63. The van der Waals surface area contributed by atoms with Gasteiger partial charge in [-0.3, -0.25) is 4.98 Å². The van der Waals surface area contributed by atoms with E-state index in [1.807, 2.05) is 6.20 Å². The standard InChI is InChI=1S/C16H21N3S/c1-11-12(2)20-16(18-11)15-10-14(4-7-17-15)13-5-8-19(3)9-6-13/h4,7,10,13H,5-6,8-9H2,1-3H3. The Morgan fingerprint density at radius 1 is 1.25 bits per heavy atom. The Balaban J connectivity index is 1.86. The Morgan fingerprint density at radius 3 is 2.65 bits per heavy atom. The third-order valence-corrected chi connectivity index (χ3v) is 5.32. The number of hydrogen-bond acceptors (Lipinski definition) is 4. The van der Waals surface area contributed by atoms with E-state index in [2.05, 4.69) is 47.9 Å². The first-order valence-corrected chi connectivity index (χ1v) is 8.04. The molecular weight excluding hydrogens is 266 g/mol. The Bertz CT molecular complexity index is 578. The number of aryl methyl sites for hydroxylation is 2. The van der Waals surface area contributed by atoms with Gasteiger partial charge < -0.3 is 4.90 Å². The average molecular weight is 287 g/mol. The van der Waals surface area contributed by atoms with E-state index >= 15 is 0 Å². The summed E-state index contributed by atoms with van der Waals surface area (Å²) in [5, 5.41) is 1.05. The number of hydrogen-bond donors (Lipinski definition) is 0. The lowest BCUT2D eigenvalue weighted by atomic mass is 9.90. The molecule has 0 aromatic carbocycles. The van der Waals surface area contributed by atoms with Crippen molar-refractivity contribution in [1.82, 2.24) is 14.9 Å². The largest absolute Gasteiger partial charge is 0.306 e. The molecule has 2 aromatic rings. The van der Waals surface area contributed by atoms with Crippen molar-refractivity contribution in [2.24, 2.45) is 0 Å². The first-order chi connectivity index (χ1) is 9.63. The molecule has 0 radical (unpaired) electrons. The first-order valence-electron chi connectivity index (χ1n) is 7.22. The zero-order chi connectivity index (χ0) is 14.1. The first kappa shape index (κ1) is 13.7. The van der Waals surface area contributed by atoms with E-state index in [4.69, 9.17) is 0 Å². The third-order valence-electron chi connectivity index (χ3n) is 4.22. The van der Waals surface area contributed by atoms with E-state index in [-0.39, 0.29) is 0 Å². The Morgan fingerprint density at radius 2 is 2.00 bits per heavy atom. The van der Waals surface area contributed by atoms with Crippen molar-refractivity contribution < 1.29 is 0 Å². The quantitative estimate of drug-likeness (QED) is 0.844. The van der Waals surface area contributed by atoms with Gasteiger partial charge in [0.25, 0.3) is 0 Å². The van der Waals surface area contributed by atoms with E-state index < -0.39 is 0 Å². The zero-order valence-corrected chi connectivity index (χ0v) is 13.2. The molecule has 20 heavy (non-hydrogen) atoms. The molecule has 1 aliphatic rings. The highest BCUT2D eigenvalue weighted by Gasteiger charge is 2.19. The number of thiazole rings is 1. The van der Waals surface area contributed by atoms with E-state index in [0.29, 0.717) is 5.92 Å². The molecule has 0 unspecified atom stereocenters. The van der Waals surface area contributed by atoms with Gasteiger partial charge in [-0.15, -0.1) is 11.3 Å². The topological polar surface area (TPSA) is 29.0 Å². The number of nitrogens with zero attached hydrogens (tertiary/aromatic N) is 3. The summed E-state index contributed by atoms with van der Waals surface area (Å²) in [7, 11) is 2.20. The number of pyridine rings is 1. The predicted molar refractivity (Wildman–Crippen MR) is 84.3 cm³/mol. The van der Waals surface area contributed by atoms with Crippen LogP contribution in [0.15, 0.2) is 18.3 Å². The van der Waals surface area contributed by atoms with Crippen LogP contribution in [0.3, 0.4) is 0 Å². The van der Waals surface area contributed by atoms with Crippen LogP contribution in [0.4, 0.5) is 0 Å². The Labute approximate surface area is 124 Å². The summed E-state index contributed by atoms with van der Waals surface area (Å²) < 4.78 is 0. The Hall–Kier alpha value is -1.26. The summed E-state index contributed by atoms with van der Waals surface area (Å²) in [6, 6.07) is 4.42. The molecule has 1 saturated heterocycles. The van der Waals surface area contributed by atoms with Gasteiger partial charge in [0.2, 0.25) is 0 Å². The van der Waals surface area contributed by atoms with E-state index in [1.165, 1.54) is 36.4 Å². The fraction of sp³-hybridized carbons (Fsp3) is 0.500.